The van der Waals surface area contributed by atoms with Crippen molar-refractivity contribution in [3.8, 4) is 0 Å². The van der Waals surface area contributed by atoms with E-state index in [9.17, 15) is 8.42 Å². The Balaban J connectivity index is 1.89. The highest BCUT2D eigenvalue weighted by Gasteiger charge is 2.20. The van der Waals surface area contributed by atoms with E-state index < -0.39 is 10.0 Å². The van der Waals surface area contributed by atoms with E-state index >= 15 is 0 Å². The van der Waals surface area contributed by atoms with Crippen molar-refractivity contribution in [2.45, 2.75) is 26.8 Å². The molecule has 0 aliphatic carbocycles. The summed E-state index contributed by atoms with van der Waals surface area (Å²) in [5.74, 6) is 0.166. The minimum absolute atomic E-state index is 0.164. The molecular formula is C14H25N3O2S2. The van der Waals surface area contributed by atoms with Crippen LogP contribution in [-0.2, 0) is 10.0 Å². The number of sulfonamides is 1. The van der Waals surface area contributed by atoms with Gasteiger partial charge in [-0.1, -0.05) is 0 Å². The van der Waals surface area contributed by atoms with Gasteiger partial charge in [0.05, 0.1) is 5.75 Å². The molecule has 1 fully saturated rings. The number of nitrogens with zero attached hydrogens (tertiary/aromatic N) is 1. The van der Waals surface area contributed by atoms with Crippen LogP contribution in [-0.4, -0.2) is 51.8 Å². The highest BCUT2D eigenvalue weighted by molar-refractivity contribution is 7.89. The lowest BCUT2D eigenvalue weighted by Gasteiger charge is -2.27. The third-order valence-electron chi connectivity index (χ3n) is 3.79. The Kier molecular flexibility index (Phi) is 5.79. The van der Waals surface area contributed by atoms with Crippen molar-refractivity contribution in [2.75, 3.05) is 38.5 Å². The second kappa shape index (κ2) is 7.19. The Morgan fingerprint density at radius 3 is 2.62 bits per heavy atom. The molecule has 0 bridgehead atoms. The molecule has 120 valence electrons. The van der Waals surface area contributed by atoms with Crippen molar-refractivity contribution in [3.63, 3.8) is 0 Å². The quantitative estimate of drug-likeness (QED) is 0.824. The maximum Gasteiger partial charge on any atom is 0.213 e. The first-order valence-corrected chi connectivity index (χ1v) is 9.84. The number of piperazine rings is 1. The molecular weight excluding hydrogens is 306 g/mol. The van der Waals surface area contributed by atoms with Gasteiger partial charge in [0.2, 0.25) is 10.0 Å². The minimum Gasteiger partial charge on any atom is -0.314 e. The Morgan fingerprint density at radius 2 is 2.05 bits per heavy atom. The predicted molar refractivity (Wildman–Crippen MR) is 88.4 cm³/mol. The first-order chi connectivity index (χ1) is 9.87. The molecule has 1 unspecified atom stereocenters. The summed E-state index contributed by atoms with van der Waals surface area (Å²) in [5.41, 5.74) is 1.09. The van der Waals surface area contributed by atoms with E-state index in [1.54, 1.807) is 11.3 Å². The zero-order valence-corrected chi connectivity index (χ0v) is 14.6. The lowest BCUT2D eigenvalue weighted by Crippen LogP contribution is -2.46. The highest BCUT2D eigenvalue weighted by atomic mass is 32.2. The molecule has 2 heterocycles. The van der Waals surface area contributed by atoms with Crippen LogP contribution >= 0.6 is 11.3 Å². The molecule has 1 aromatic heterocycles. The minimum atomic E-state index is -3.24. The maximum absolute atomic E-state index is 12.2. The third-order valence-corrected chi connectivity index (χ3v) is 6.20. The van der Waals surface area contributed by atoms with Crippen LogP contribution in [0, 0.1) is 13.8 Å². The van der Waals surface area contributed by atoms with Crippen molar-refractivity contribution in [2.24, 2.45) is 0 Å². The lowest BCUT2D eigenvalue weighted by molar-refractivity contribution is 0.253. The molecule has 0 aromatic carbocycles. The molecule has 0 spiro atoms. The second-order valence-electron chi connectivity index (χ2n) is 5.62. The van der Waals surface area contributed by atoms with E-state index in [4.69, 9.17) is 0 Å². The van der Waals surface area contributed by atoms with Gasteiger partial charge in [-0.3, -0.25) is 4.90 Å². The van der Waals surface area contributed by atoms with Crippen LogP contribution in [0.5, 0.6) is 0 Å². The molecule has 1 saturated heterocycles. The molecule has 2 rings (SSSR count). The van der Waals surface area contributed by atoms with Crippen LogP contribution in [0.1, 0.15) is 28.3 Å². The van der Waals surface area contributed by atoms with Crippen molar-refractivity contribution in [3.05, 3.63) is 21.4 Å². The van der Waals surface area contributed by atoms with Crippen molar-refractivity contribution < 1.29 is 8.42 Å². The van der Waals surface area contributed by atoms with Crippen LogP contribution in [0.3, 0.4) is 0 Å². The van der Waals surface area contributed by atoms with Gasteiger partial charge in [0.1, 0.15) is 0 Å². The van der Waals surface area contributed by atoms with E-state index in [-0.39, 0.29) is 11.8 Å². The summed E-state index contributed by atoms with van der Waals surface area (Å²) in [7, 11) is -3.24. The van der Waals surface area contributed by atoms with E-state index in [0.29, 0.717) is 6.54 Å². The summed E-state index contributed by atoms with van der Waals surface area (Å²) < 4.78 is 27.3. The molecule has 0 saturated carbocycles. The average molecular weight is 332 g/mol. The van der Waals surface area contributed by atoms with E-state index in [1.165, 1.54) is 9.75 Å². The number of nitrogens with one attached hydrogen (secondary N) is 2. The fraction of sp³-hybridized carbons (Fsp3) is 0.714. The molecule has 1 aliphatic heterocycles. The molecule has 0 radical (unpaired) electrons. The molecule has 21 heavy (non-hydrogen) atoms. The van der Waals surface area contributed by atoms with E-state index in [2.05, 4.69) is 21.0 Å². The van der Waals surface area contributed by atoms with Gasteiger partial charge in [0, 0.05) is 48.5 Å². The summed E-state index contributed by atoms with van der Waals surface area (Å²) in [6.45, 7) is 10.3. The Morgan fingerprint density at radius 1 is 1.38 bits per heavy atom. The summed E-state index contributed by atoms with van der Waals surface area (Å²) >= 11 is 1.71. The highest BCUT2D eigenvalue weighted by Crippen LogP contribution is 2.26. The van der Waals surface area contributed by atoms with Crippen LogP contribution < -0.4 is 10.0 Å². The first-order valence-electron chi connectivity index (χ1n) is 7.37. The Hall–Kier alpha value is -0.470. The second-order valence-corrected chi connectivity index (χ2v) is 8.95. The van der Waals surface area contributed by atoms with Crippen LogP contribution in [0.2, 0.25) is 0 Å². The predicted octanol–water partition coefficient (Wildman–Crippen LogP) is 1.25. The van der Waals surface area contributed by atoms with Gasteiger partial charge in [-0.25, -0.2) is 13.1 Å². The topological polar surface area (TPSA) is 61.4 Å². The maximum atomic E-state index is 12.2. The SMILES string of the molecule is Cc1cc(C(C)NS(=O)(=O)CCN2CCNCC2)c(C)s1. The summed E-state index contributed by atoms with van der Waals surface area (Å²) in [6.07, 6.45) is 0. The number of hydrogen-bond donors (Lipinski definition) is 2. The molecule has 1 aliphatic rings. The molecule has 5 nitrogen and oxygen atoms in total. The van der Waals surface area contributed by atoms with Crippen molar-refractivity contribution in [1.29, 1.82) is 0 Å². The third kappa shape index (κ3) is 5.03. The summed E-state index contributed by atoms with van der Waals surface area (Å²) in [5, 5.41) is 3.27. The molecule has 1 aromatic rings. The monoisotopic (exact) mass is 331 g/mol. The number of hydrogen-bond acceptors (Lipinski definition) is 5. The smallest absolute Gasteiger partial charge is 0.213 e. The van der Waals surface area contributed by atoms with E-state index in [0.717, 1.165) is 31.7 Å². The number of aryl methyl sites for hydroxylation is 2. The van der Waals surface area contributed by atoms with Gasteiger partial charge in [0.15, 0.2) is 0 Å². The zero-order chi connectivity index (χ0) is 15.5. The molecule has 7 heteroatoms. The standard InChI is InChI=1S/C14H25N3O2S2/c1-11-10-14(13(3)20-11)12(2)16-21(18,19)9-8-17-6-4-15-5-7-17/h10,12,15-16H,4-9H2,1-3H3. The average Bonchev–Trinajstić information content (AvgIpc) is 2.76. The van der Waals surface area contributed by atoms with Gasteiger partial charge < -0.3 is 5.32 Å². The fourth-order valence-electron chi connectivity index (χ4n) is 2.66. The summed E-state index contributed by atoms with van der Waals surface area (Å²) in [6, 6.07) is 1.91. The van der Waals surface area contributed by atoms with Gasteiger partial charge in [-0.15, -0.1) is 11.3 Å². The van der Waals surface area contributed by atoms with E-state index in [1.807, 2.05) is 20.8 Å². The zero-order valence-electron chi connectivity index (χ0n) is 13.0. The first kappa shape index (κ1) is 16.9. The number of thiophene rings is 1. The fourth-order valence-corrected chi connectivity index (χ4v) is 4.96. The van der Waals surface area contributed by atoms with Gasteiger partial charge in [-0.2, -0.15) is 0 Å². The number of rotatable bonds is 6. The van der Waals surface area contributed by atoms with Crippen molar-refractivity contribution >= 4 is 21.4 Å². The lowest BCUT2D eigenvalue weighted by atomic mass is 10.1. The van der Waals surface area contributed by atoms with Gasteiger partial charge in [0.25, 0.3) is 0 Å². The summed E-state index contributed by atoms with van der Waals surface area (Å²) in [4.78, 5) is 4.60. The largest absolute Gasteiger partial charge is 0.314 e. The van der Waals surface area contributed by atoms with Gasteiger partial charge >= 0.3 is 0 Å². The normalized spacial score (nSPS) is 18.8. The van der Waals surface area contributed by atoms with Gasteiger partial charge in [-0.05, 0) is 32.4 Å². The molecule has 0 amide bonds. The van der Waals surface area contributed by atoms with Crippen LogP contribution in [0.4, 0.5) is 0 Å². The Labute approximate surface area is 131 Å². The van der Waals surface area contributed by atoms with Crippen LogP contribution in [0.25, 0.3) is 0 Å². The van der Waals surface area contributed by atoms with Crippen LogP contribution in [0.15, 0.2) is 6.07 Å². The molecule has 1 atom stereocenters. The molecule has 2 N–H and O–H groups in total. The Bertz CT molecular complexity index is 563. The van der Waals surface area contributed by atoms with Crippen molar-refractivity contribution in [1.82, 2.24) is 14.9 Å².